The van der Waals surface area contributed by atoms with Crippen LogP contribution in [-0.4, -0.2) is 37.8 Å². The smallest absolute Gasteiger partial charge is 0.124 e. The number of para-hydroxylation sites is 1. The molecule has 1 N–H and O–H groups in total. The van der Waals surface area contributed by atoms with E-state index >= 15 is 0 Å². The van der Waals surface area contributed by atoms with Crippen LogP contribution in [0.5, 0.6) is 5.75 Å². The zero-order valence-electron chi connectivity index (χ0n) is 14.4. The van der Waals surface area contributed by atoms with Crippen LogP contribution in [0.25, 0.3) is 0 Å². The van der Waals surface area contributed by atoms with Crippen molar-refractivity contribution in [3.63, 3.8) is 0 Å². The summed E-state index contributed by atoms with van der Waals surface area (Å²) in [5, 5.41) is 3.36. The Balaban J connectivity index is 0.00000225. The standard InChI is InChI=1S/C20H25FN2O.ClH/c21-11-10-19(23-14-12-22-13-15-23)18-8-4-5-9-20(18)24-16-17-6-2-1-3-7-17;/h1-9,19,22H,10-16H2;1H/t19-;/m1./s1. The second-order valence-electron chi connectivity index (χ2n) is 6.09. The predicted octanol–water partition coefficient (Wildman–Crippen LogP) is 3.99. The van der Waals surface area contributed by atoms with E-state index in [2.05, 4.69) is 28.4 Å². The summed E-state index contributed by atoms with van der Waals surface area (Å²) in [7, 11) is 0. The van der Waals surface area contributed by atoms with Crippen molar-refractivity contribution in [3.8, 4) is 5.75 Å². The van der Waals surface area contributed by atoms with E-state index in [0.717, 1.165) is 43.1 Å². The lowest BCUT2D eigenvalue weighted by atomic mass is 10.0. The van der Waals surface area contributed by atoms with Crippen LogP contribution in [0.1, 0.15) is 23.6 Å². The number of hydrogen-bond donors (Lipinski definition) is 1. The SMILES string of the molecule is Cl.FCC[C@H](c1ccccc1OCc1ccccc1)N1CCNCC1. The first kappa shape index (κ1) is 19.7. The Kier molecular flexibility index (Phi) is 8.19. The molecule has 0 spiro atoms. The molecule has 0 radical (unpaired) electrons. The van der Waals surface area contributed by atoms with Gasteiger partial charge in [0.25, 0.3) is 0 Å². The van der Waals surface area contributed by atoms with Gasteiger partial charge in [0.2, 0.25) is 0 Å². The number of nitrogens with one attached hydrogen (secondary N) is 1. The molecule has 0 saturated carbocycles. The molecule has 2 aromatic rings. The van der Waals surface area contributed by atoms with Gasteiger partial charge in [0.05, 0.1) is 6.67 Å². The molecule has 5 heteroatoms. The minimum atomic E-state index is -0.318. The molecule has 1 heterocycles. The molecular weight excluding hydrogens is 339 g/mol. The van der Waals surface area contributed by atoms with Crippen LogP contribution in [0.3, 0.4) is 0 Å². The summed E-state index contributed by atoms with van der Waals surface area (Å²) in [5.41, 5.74) is 2.23. The quantitative estimate of drug-likeness (QED) is 0.803. The van der Waals surface area contributed by atoms with Gasteiger partial charge in [-0.25, -0.2) is 0 Å². The van der Waals surface area contributed by atoms with Crippen molar-refractivity contribution in [1.29, 1.82) is 0 Å². The van der Waals surface area contributed by atoms with Gasteiger partial charge in [-0.2, -0.15) is 0 Å². The number of nitrogens with zero attached hydrogens (tertiary/aromatic N) is 1. The summed E-state index contributed by atoms with van der Waals surface area (Å²) < 4.78 is 19.3. The highest BCUT2D eigenvalue weighted by Gasteiger charge is 2.24. The molecule has 136 valence electrons. The second kappa shape index (κ2) is 10.4. The fourth-order valence-corrected chi connectivity index (χ4v) is 3.25. The highest BCUT2D eigenvalue weighted by atomic mass is 35.5. The molecule has 1 fully saturated rings. The lowest BCUT2D eigenvalue weighted by molar-refractivity contribution is 0.153. The first-order valence-corrected chi connectivity index (χ1v) is 8.65. The molecule has 3 nitrogen and oxygen atoms in total. The average Bonchev–Trinajstić information content (AvgIpc) is 2.66. The fraction of sp³-hybridized carbons (Fsp3) is 0.400. The number of hydrogen-bond acceptors (Lipinski definition) is 3. The van der Waals surface area contributed by atoms with Crippen molar-refractivity contribution in [2.24, 2.45) is 0 Å². The molecule has 1 aliphatic heterocycles. The van der Waals surface area contributed by atoms with Crippen LogP contribution >= 0.6 is 12.4 Å². The monoisotopic (exact) mass is 364 g/mol. The zero-order valence-corrected chi connectivity index (χ0v) is 15.2. The zero-order chi connectivity index (χ0) is 16.6. The Bertz CT molecular complexity index is 620. The maximum atomic E-state index is 13.2. The van der Waals surface area contributed by atoms with E-state index < -0.39 is 0 Å². The van der Waals surface area contributed by atoms with Crippen molar-refractivity contribution in [3.05, 3.63) is 65.7 Å². The lowest BCUT2D eigenvalue weighted by Crippen LogP contribution is -2.45. The van der Waals surface area contributed by atoms with Gasteiger partial charge < -0.3 is 10.1 Å². The number of piperazine rings is 1. The molecule has 25 heavy (non-hydrogen) atoms. The Hall–Kier alpha value is -1.62. The van der Waals surface area contributed by atoms with Crippen molar-refractivity contribution >= 4 is 12.4 Å². The van der Waals surface area contributed by atoms with Crippen molar-refractivity contribution in [1.82, 2.24) is 10.2 Å². The molecule has 1 aliphatic rings. The third-order valence-corrected chi connectivity index (χ3v) is 4.49. The summed E-state index contributed by atoms with van der Waals surface area (Å²) in [5.74, 6) is 0.860. The molecule has 3 rings (SSSR count). The first-order chi connectivity index (χ1) is 11.9. The second-order valence-corrected chi connectivity index (χ2v) is 6.09. The third kappa shape index (κ3) is 5.43. The molecule has 1 atom stereocenters. The summed E-state index contributed by atoms with van der Waals surface area (Å²) in [6, 6.07) is 18.3. The minimum Gasteiger partial charge on any atom is -0.489 e. The number of rotatable bonds is 7. The average molecular weight is 365 g/mol. The van der Waals surface area contributed by atoms with Gasteiger partial charge in [-0.3, -0.25) is 9.29 Å². The van der Waals surface area contributed by atoms with Crippen LogP contribution in [0.2, 0.25) is 0 Å². The normalized spacial score (nSPS) is 16.0. The van der Waals surface area contributed by atoms with E-state index in [0.29, 0.717) is 13.0 Å². The van der Waals surface area contributed by atoms with Gasteiger partial charge in [0.1, 0.15) is 12.4 Å². The van der Waals surface area contributed by atoms with Gasteiger partial charge in [0.15, 0.2) is 0 Å². The van der Waals surface area contributed by atoms with Crippen LogP contribution in [-0.2, 0) is 6.61 Å². The minimum absolute atomic E-state index is 0. The van der Waals surface area contributed by atoms with Gasteiger partial charge in [-0.05, 0) is 18.1 Å². The van der Waals surface area contributed by atoms with E-state index in [1.165, 1.54) is 0 Å². The Morgan fingerprint density at radius 2 is 1.68 bits per heavy atom. The maximum absolute atomic E-state index is 13.2. The van der Waals surface area contributed by atoms with Crippen molar-refractivity contribution < 1.29 is 9.13 Å². The highest BCUT2D eigenvalue weighted by molar-refractivity contribution is 5.85. The van der Waals surface area contributed by atoms with Crippen molar-refractivity contribution in [2.75, 3.05) is 32.9 Å². The van der Waals surface area contributed by atoms with Crippen LogP contribution in [0.15, 0.2) is 54.6 Å². The Labute approximate surface area is 155 Å². The van der Waals surface area contributed by atoms with Crippen LogP contribution in [0.4, 0.5) is 4.39 Å². The number of benzene rings is 2. The van der Waals surface area contributed by atoms with E-state index in [9.17, 15) is 4.39 Å². The van der Waals surface area contributed by atoms with E-state index in [4.69, 9.17) is 4.74 Å². The molecule has 0 amide bonds. The summed E-state index contributed by atoms with van der Waals surface area (Å²) in [6.45, 7) is 4.00. The number of alkyl halides is 1. The summed E-state index contributed by atoms with van der Waals surface area (Å²) in [6.07, 6.45) is 0.506. The maximum Gasteiger partial charge on any atom is 0.124 e. The van der Waals surface area contributed by atoms with Gasteiger partial charge in [-0.15, -0.1) is 12.4 Å². The van der Waals surface area contributed by atoms with Crippen LogP contribution < -0.4 is 10.1 Å². The van der Waals surface area contributed by atoms with Crippen LogP contribution in [0, 0.1) is 0 Å². The van der Waals surface area contributed by atoms with E-state index in [1.807, 2.05) is 36.4 Å². The largest absolute Gasteiger partial charge is 0.489 e. The third-order valence-electron chi connectivity index (χ3n) is 4.49. The molecule has 1 saturated heterocycles. The Morgan fingerprint density at radius 3 is 2.40 bits per heavy atom. The number of halogens is 2. The molecule has 0 aromatic heterocycles. The topological polar surface area (TPSA) is 24.5 Å². The molecule has 0 unspecified atom stereocenters. The van der Waals surface area contributed by atoms with Gasteiger partial charge in [-0.1, -0.05) is 48.5 Å². The lowest BCUT2D eigenvalue weighted by Gasteiger charge is -2.35. The van der Waals surface area contributed by atoms with E-state index in [1.54, 1.807) is 0 Å². The summed E-state index contributed by atoms with van der Waals surface area (Å²) in [4.78, 5) is 2.36. The number of ether oxygens (including phenoxy) is 1. The van der Waals surface area contributed by atoms with Gasteiger partial charge >= 0.3 is 0 Å². The first-order valence-electron chi connectivity index (χ1n) is 8.65. The predicted molar refractivity (Wildman–Crippen MR) is 102 cm³/mol. The Morgan fingerprint density at radius 1 is 1.00 bits per heavy atom. The fourth-order valence-electron chi connectivity index (χ4n) is 3.25. The molecule has 0 aliphatic carbocycles. The van der Waals surface area contributed by atoms with Gasteiger partial charge in [0, 0.05) is 37.8 Å². The van der Waals surface area contributed by atoms with Crippen molar-refractivity contribution in [2.45, 2.75) is 19.1 Å². The molecule has 0 bridgehead atoms. The van der Waals surface area contributed by atoms with E-state index in [-0.39, 0.29) is 25.1 Å². The highest BCUT2D eigenvalue weighted by Crippen LogP contribution is 2.32. The summed E-state index contributed by atoms with van der Waals surface area (Å²) >= 11 is 0. The molecule has 2 aromatic carbocycles. The molecular formula is C20H26ClFN2O.